The lowest BCUT2D eigenvalue weighted by Crippen LogP contribution is -2.47. The van der Waals surface area contributed by atoms with Gasteiger partial charge in [0.1, 0.15) is 5.54 Å². The maximum atomic E-state index is 9.08. The molecule has 0 aromatic heterocycles. The predicted molar refractivity (Wildman–Crippen MR) is 75.5 cm³/mol. The molecule has 1 atom stereocenters. The van der Waals surface area contributed by atoms with Gasteiger partial charge < -0.3 is 15.1 Å². The average Bonchev–Trinajstić information content (AvgIpc) is 2.41. The molecule has 0 aromatic carbocycles. The Hall–Kier alpha value is -0.630. The van der Waals surface area contributed by atoms with Crippen LogP contribution >= 0.6 is 0 Å². The van der Waals surface area contributed by atoms with Crippen molar-refractivity contribution in [2.45, 2.75) is 38.6 Å². The van der Waals surface area contributed by atoms with Crippen LogP contribution in [0.3, 0.4) is 0 Å². The minimum atomic E-state index is -0.357. The summed E-state index contributed by atoms with van der Waals surface area (Å²) in [6.07, 6.45) is 3.27. The highest BCUT2D eigenvalue weighted by atomic mass is 15.3. The van der Waals surface area contributed by atoms with Crippen LogP contribution in [0.25, 0.3) is 0 Å². The highest BCUT2D eigenvalue weighted by Gasteiger charge is 2.21. The van der Waals surface area contributed by atoms with Crippen molar-refractivity contribution in [3.8, 4) is 6.07 Å². The van der Waals surface area contributed by atoms with Gasteiger partial charge in [0.05, 0.1) is 6.07 Å². The van der Waals surface area contributed by atoms with E-state index in [-0.39, 0.29) is 5.54 Å². The molecule has 1 N–H and O–H groups in total. The minimum absolute atomic E-state index is 0.357. The van der Waals surface area contributed by atoms with E-state index in [0.717, 1.165) is 19.4 Å². The molecule has 1 saturated heterocycles. The second kappa shape index (κ2) is 7.73. The van der Waals surface area contributed by atoms with E-state index in [0.29, 0.717) is 0 Å². The first-order chi connectivity index (χ1) is 8.63. The summed E-state index contributed by atoms with van der Waals surface area (Å²) in [5, 5.41) is 12.2. The summed E-state index contributed by atoms with van der Waals surface area (Å²) in [7, 11) is 1.87. The van der Waals surface area contributed by atoms with Crippen LogP contribution in [0, 0.1) is 11.3 Å². The summed E-state index contributed by atoms with van der Waals surface area (Å²) < 4.78 is 0. The second-order valence-corrected chi connectivity index (χ2v) is 5.48. The fourth-order valence-corrected chi connectivity index (χ4v) is 2.45. The van der Waals surface area contributed by atoms with Gasteiger partial charge in [0.2, 0.25) is 0 Å². The lowest BCUT2D eigenvalue weighted by molar-refractivity contribution is 0.129. The van der Waals surface area contributed by atoms with Gasteiger partial charge in [-0.2, -0.15) is 5.26 Å². The molecular weight excluding hydrogens is 224 g/mol. The molecule has 0 aliphatic carbocycles. The molecule has 1 unspecified atom stereocenters. The zero-order valence-electron chi connectivity index (χ0n) is 12.2. The Balaban J connectivity index is 2.17. The summed E-state index contributed by atoms with van der Waals surface area (Å²) in [5.74, 6) is 0. The van der Waals surface area contributed by atoms with Gasteiger partial charge in [-0.05, 0) is 46.3 Å². The van der Waals surface area contributed by atoms with Crippen molar-refractivity contribution in [3.05, 3.63) is 0 Å². The number of nitrogens with zero attached hydrogens (tertiary/aromatic N) is 3. The lowest BCUT2D eigenvalue weighted by Gasteiger charge is -2.35. The molecule has 1 aliphatic heterocycles. The minimum Gasteiger partial charge on any atom is -0.303 e. The Morgan fingerprint density at radius 3 is 2.17 bits per heavy atom. The summed E-state index contributed by atoms with van der Waals surface area (Å²) >= 11 is 0. The highest BCUT2D eigenvalue weighted by molar-refractivity contribution is 5.02. The zero-order valence-corrected chi connectivity index (χ0v) is 12.2. The maximum Gasteiger partial charge on any atom is 0.103 e. The van der Waals surface area contributed by atoms with Crippen molar-refractivity contribution in [2.24, 2.45) is 0 Å². The summed E-state index contributed by atoms with van der Waals surface area (Å²) in [6.45, 7) is 11.4. The van der Waals surface area contributed by atoms with E-state index in [1.807, 2.05) is 14.0 Å². The fraction of sp³-hybridized carbons (Fsp3) is 0.929. The SMILES string of the molecule is CCCN1CCN(CCCC(C)(C#N)NC)CC1. The van der Waals surface area contributed by atoms with Crippen molar-refractivity contribution in [2.75, 3.05) is 46.3 Å². The Labute approximate surface area is 112 Å². The van der Waals surface area contributed by atoms with E-state index in [4.69, 9.17) is 5.26 Å². The third-order valence-corrected chi connectivity index (χ3v) is 3.95. The molecule has 1 fully saturated rings. The molecule has 1 heterocycles. The van der Waals surface area contributed by atoms with E-state index in [9.17, 15) is 0 Å². The largest absolute Gasteiger partial charge is 0.303 e. The molecule has 0 aromatic rings. The van der Waals surface area contributed by atoms with Gasteiger partial charge in [-0.25, -0.2) is 0 Å². The summed E-state index contributed by atoms with van der Waals surface area (Å²) in [6, 6.07) is 2.35. The number of nitriles is 1. The molecule has 0 bridgehead atoms. The van der Waals surface area contributed by atoms with Crippen molar-refractivity contribution in [1.82, 2.24) is 15.1 Å². The molecule has 4 heteroatoms. The average molecular weight is 252 g/mol. The quantitative estimate of drug-likeness (QED) is 0.741. The molecule has 1 aliphatic rings. The van der Waals surface area contributed by atoms with Crippen molar-refractivity contribution >= 4 is 0 Å². The van der Waals surface area contributed by atoms with Crippen molar-refractivity contribution in [3.63, 3.8) is 0 Å². The van der Waals surface area contributed by atoms with E-state index in [2.05, 4.69) is 28.1 Å². The van der Waals surface area contributed by atoms with Gasteiger partial charge in [0.25, 0.3) is 0 Å². The molecule has 0 amide bonds. The maximum absolute atomic E-state index is 9.08. The molecule has 0 radical (unpaired) electrons. The van der Waals surface area contributed by atoms with Crippen molar-refractivity contribution in [1.29, 1.82) is 5.26 Å². The van der Waals surface area contributed by atoms with E-state index in [1.54, 1.807) is 0 Å². The molecule has 104 valence electrons. The number of hydrogen-bond acceptors (Lipinski definition) is 4. The first kappa shape index (κ1) is 15.4. The van der Waals surface area contributed by atoms with Crippen LogP contribution in [0.15, 0.2) is 0 Å². The van der Waals surface area contributed by atoms with Crippen LogP contribution in [0.2, 0.25) is 0 Å². The predicted octanol–water partition coefficient (Wildman–Crippen LogP) is 1.30. The van der Waals surface area contributed by atoms with Crippen LogP contribution in [-0.4, -0.2) is 61.7 Å². The van der Waals surface area contributed by atoms with Crippen LogP contribution in [-0.2, 0) is 0 Å². The molecule has 0 saturated carbocycles. The van der Waals surface area contributed by atoms with Crippen molar-refractivity contribution < 1.29 is 0 Å². The van der Waals surface area contributed by atoms with E-state index < -0.39 is 0 Å². The van der Waals surface area contributed by atoms with Gasteiger partial charge in [-0.1, -0.05) is 6.92 Å². The Morgan fingerprint density at radius 1 is 1.17 bits per heavy atom. The third kappa shape index (κ3) is 4.93. The topological polar surface area (TPSA) is 42.3 Å². The first-order valence-electron chi connectivity index (χ1n) is 7.18. The summed E-state index contributed by atoms with van der Waals surface area (Å²) in [5.41, 5.74) is -0.357. The normalized spacial score (nSPS) is 21.4. The molecule has 4 nitrogen and oxygen atoms in total. The molecule has 0 spiro atoms. The van der Waals surface area contributed by atoms with Crippen LogP contribution in [0.5, 0.6) is 0 Å². The number of piperazine rings is 1. The molecule has 18 heavy (non-hydrogen) atoms. The fourth-order valence-electron chi connectivity index (χ4n) is 2.45. The van der Waals surface area contributed by atoms with Gasteiger partial charge in [-0.3, -0.25) is 0 Å². The first-order valence-corrected chi connectivity index (χ1v) is 7.18. The molecule has 1 rings (SSSR count). The van der Waals surface area contributed by atoms with E-state index in [1.165, 1.54) is 39.1 Å². The molecular formula is C14H28N4. The monoisotopic (exact) mass is 252 g/mol. The zero-order chi connectivity index (χ0) is 13.4. The summed E-state index contributed by atoms with van der Waals surface area (Å²) in [4.78, 5) is 5.07. The van der Waals surface area contributed by atoms with Gasteiger partial charge >= 0.3 is 0 Å². The second-order valence-electron chi connectivity index (χ2n) is 5.48. The Bertz CT molecular complexity index is 265. The number of nitrogens with one attached hydrogen (secondary N) is 1. The standard InChI is InChI=1S/C14H28N4/c1-4-7-17-9-11-18(12-10-17)8-5-6-14(2,13-15)16-3/h16H,4-12H2,1-3H3. The third-order valence-electron chi connectivity index (χ3n) is 3.95. The Morgan fingerprint density at radius 2 is 1.72 bits per heavy atom. The van der Waals surface area contributed by atoms with Gasteiger partial charge in [0, 0.05) is 26.2 Å². The van der Waals surface area contributed by atoms with E-state index >= 15 is 0 Å². The van der Waals surface area contributed by atoms with Crippen LogP contribution < -0.4 is 5.32 Å². The Kier molecular flexibility index (Phi) is 6.62. The smallest absolute Gasteiger partial charge is 0.103 e. The van der Waals surface area contributed by atoms with Crippen LogP contribution in [0.4, 0.5) is 0 Å². The van der Waals surface area contributed by atoms with Gasteiger partial charge in [-0.15, -0.1) is 0 Å². The number of hydrogen-bond donors (Lipinski definition) is 1. The highest BCUT2D eigenvalue weighted by Crippen LogP contribution is 2.12. The van der Waals surface area contributed by atoms with Gasteiger partial charge in [0.15, 0.2) is 0 Å². The van der Waals surface area contributed by atoms with Crippen LogP contribution in [0.1, 0.15) is 33.1 Å². The number of rotatable bonds is 7. The lowest BCUT2D eigenvalue weighted by atomic mass is 9.98.